The predicted molar refractivity (Wildman–Crippen MR) is 98.4 cm³/mol. The van der Waals surface area contributed by atoms with Crippen molar-refractivity contribution < 1.29 is 13.2 Å². The Morgan fingerprint density at radius 3 is 2.58 bits per heavy atom. The van der Waals surface area contributed by atoms with Crippen molar-refractivity contribution in [3.8, 4) is 0 Å². The van der Waals surface area contributed by atoms with E-state index in [9.17, 15) is 13.2 Å². The second kappa shape index (κ2) is 7.37. The highest BCUT2D eigenvalue weighted by atomic mass is 79.9. The largest absolute Gasteiger partial charge is 0.337 e. The van der Waals surface area contributed by atoms with Crippen molar-refractivity contribution in [2.45, 2.75) is 12.5 Å². The summed E-state index contributed by atoms with van der Waals surface area (Å²) in [5, 5.41) is 0. The fourth-order valence-corrected chi connectivity index (χ4v) is 5.43. The number of hydrogen-bond acceptors (Lipinski definition) is 4. The monoisotopic (exact) mass is 412 g/mol. The quantitative estimate of drug-likeness (QED) is 0.710. The van der Waals surface area contributed by atoms with Crippen LogP contribution in [0.15, 0.2) is 34.8 Å². The van der Waals surface area contributed by atoms with Crippen molar-refractivity contribution in [1.82, 2.24) is 9.80 Å². The summed E-state index contributed by atoms with van der Waals surface area (Å²) in [4.78, 5) is 16.3. The van der Waals surface area contributed by atoms with Crippen molar-refractivity contribution in [2.24, 2.45) is 0 Å². The maximum Gasteiger partial charge on any atom is 0.246 e. The van der Waals surface area contributed by atoms with Gasteiger partial charge in [0.2, 0.25) is 5.91 Å². The van der Waals surface area contributed by atoms with E-state index < -0.39 is 9.84 Å². The molecule has 2 aliphatic rings. The zero-order valence-electron chi connectivity index (χ0n) is 13.4. The second-order valence-corrected chi connectivity index (χ2v) is 9.45. The fraction of sp³-hybridized carbons (Fsp3) is 0.471. The summed E-state index contributed by atoms with van der Waals surface area (Å²) in [6.07, 6.45) is 4.15. The molecule has 2 heterocycles. The molecule has 1 amide bonds. The number of carbonyl (C=O) groups is 1. The van der Waals surface area contributed by atoms with E-state index in [-0.39, 0.29) is 17.7 Å². The van der Waals surface area contributed by atoms with E-state index >= 15 is 0 Å². The van der Waals surface area contributed by atoms with E-state index in [0.29, 0.717) is 18.8 Å². The van der Waals surface area contributed by atoms with Crippen molar-refractivity contribution in [2.75, 3.05) is 37.7 Å². The number of sulfone groups is 1. The molecular formula is C17H21BrN2O3S. The third-order valence-corrected chi connectivity index (χ3v) is 6.86. The Balaban J connectivity index is 1.52. The van der Waals surface area contributed by atoms with Crippen LogP contribution < -0.4 is 0 Å². The van der Waals surface area contributed by atoms with Crippen molar-refractivity contribution >= 4 is 37.8 Å². The molecule has 5 nitrogen and oxygen atoms in total. The number of carbonyl (C=O) groups excluding carboxylic acids is 1. The lowest BCUT2D eigenvalue weighted by Gasteiger charge is -2.37. The Morgan fingerprint density at radius 2 is 1.96 bits per heavy atom. The molecule has 3 rings (SSSR count). The minimum absolute atomic E-state index is 0.00803. The van der Waals surface area contributed by atoms with Crippen LogP contribution in [0.5, 0.6) is 0 Å². The smallest absolute Gasteiger partial charge is 0.246 e. The summed E-state index contributed by atoms with van der Waals surface area (Å²) in [6, 6.07) is 7.92. The molecular weight excluding hydrogens is 392 g/mol. The zero-order valence-corrected chi connectivity index (χ0v) is 15.8. The standard InChI is InChI=1S/C17H21BrN2O3S/c18-15-3-1-2-14(12-15)4-5-17(21)20-9-7-19(8-10-20)16-6-11-24(22,23)13-16/h1-5,12,16H,6-11,13H2/b5-4+/t16-/m0/s1. The van der Waals surface area contributed by atoms with Gasteiger partial charge in [-0.2, -0.15) is 0 Å². The van der Waals surface area contributed by atoms with E-state index in [2.05, 4.69) is 20.8 Å². The maximum absolute atomic E-state index is 12.3. The molecule has 1 aromatic rings. The van der Waals surface area contributed by atoms with Crippen LogP contribution in [-0.2, 0) is 14.6 Å². The first kappa shape index (κ1) is 17.6. The summed E-state index contributed by atoms with van der Waals surface area (Å²) in [6.45, 7) is 2.80. The SMILES string of the molecule is O=C(/C=C/c1cccc(Br)c1)N1CCN([C@H]2CCS(=O)(=O)C2)CC1. The Bertz CT molecular complexity index is 740. The van der Waals surface area contributed by atoms with Crippen molar-refractivity contribution in [3.05, 3.63) is 40.4 Å². The molecule has 0 unspecified atom stereocenters. The van der Waals surface area contributed by atoms with Gasteiger partial charge in [-0.25, -0.2) is 8.42 Å². The van der Waals surface area contributed by atoms with Crippen LogP contribution in [0.1, 0.15) is 12.0 Å². The summed E-state index contributed by atoms with van der Waals surface area (Å²) in [5.74, 6) is 0.573. The van der Waals surface area contributed by atoms with Crippen molar-refractivity contribution in [3.63, 3.8) is 0 Å². The van der Waals surface area contributed by atoms with Crippen LogP contribution in [0.4, 0.5) is 0 Å². The van der Waals surface area contributed by atoms with Gasteiger partial charge in [-0.1, -0.05) is 28.1 Å². The van der Waals surface area contributed by atoms with Gasteiger partial charge in [0.25, 0.3) is 0 Å². The Kier molecular flexibility index (Phi) is 5.42. The molecule has 0 N–H and O–H groups in total. The minimum atomic E-state index is -2.85. The van der Waals surface area contributed by atoms with Gasteiger partial charge in [0.05, 0.1) is 11.5 Å². The summed E-state index contributed by atoms with van der Waals surface area (Å²) in [5.41, 5.74) is 0.979. The molecule has 0 radical (unpaired) electrons. The van der Waals surface area contributed by atoms with Gasteiger partial charge >= 0.3 is 0 Å². The molecule has 0 spiro atoms. The molecule has 0 saturated carbocycles. The van der Waals surface area contributed by atoms with Gasteiger partial charge in [-0.3, -0.25) is 9.69 Å². The summed E-state index contributed by atoms with van der Waals surface area (Å²) < 4.78 is 24.2. The highest BCUT2D eigenvalue weighted by molar-refractivity contribution is 9.10. The van der Waals surface area contributed by atoms with Crippen LogP contribution >= 0.6 is 15.9 Å². The number of nitrogens with zero attached hydrogens (tertiary/aromatic N) is 2. The van der Waals surface area contributed by atoms with E-state index in [4.69, 9.17) is 0 Å². The van der Waals surface area contributed by atoms with Crippen LogP contribution in [0.25, 0.3) is 6.08 Å². The average molecular weight is 413 g/mol. The van der Waals surface area contributed by atoms with Gasteiger partial charge in [0.1, 0.15) is 0 Å². The number of piperazine rings is 1. The first-order valence-corrected chi connectivity index (χ1v) is 10.7. The minimum Gasteiger partial charge on any atom is -0.337 e. The molecule has 0 aliphatic carbocycles. The van der Waals surface area contributed by atoms with E-state index in [0.717, 1.165) is 29.5 Å². The first-order valence-electron chi connectivity index (χ1n) is 8.10. The Hall–Kier alpha value is -1.18. The molecule has 130 valence electrons. The molecule has 2 saturated heterocycles. The summed E-state index contributed by atoms with van der Waals surface area (Å²) in [7, 11) is -2.85. The fourth-order valence-electron chi connectivity index (χ4n) is 3.25. The predicted octanol–water partition coefficient (Wildman–Crippen LogP) is 1.79. The molecule has 1 atom stereocenters. The lowest BCUT2D eigenvalue weighted by atomic mass is 10.2. The number of amides is 1. The van der Waals surface area contributed by atoms with Gasteiger partial charge in [0.15, 0.2) is 9.84 Å². The number of hydrogen-bond donors (Lipinski definition) is 0. The Morgan fingerprint density at radius 1 is 1.21 bits per heavy atom. The van der Waals surface area contributed by atoms with Gasteiger partial charge in [0, 0.05) is 42.8 Å². The van der Waals surface area contributed by atoms with Crippen molar-refractivity contribution in [1.29, 1.82) is 0 Å². The molecule has 2 aliphatic heterocycles. The molecule has 1 aromatic carbocycles. The summed E-state index contributed by atoms with van der Waals surface area (Å²) >= 11 is 3.41. The van der Waals surface area contributed by atoms with Crippen LogP contribution in [0, 0.1) is 0 Å². The van der Waals surface area contributed by atoms with E-state index in [1.807, 2.05) is 35.2 Å². The molecule has 0 bridgehead atoms. The van der Waals surface area contributed by atoms with Gasteiger partial charge in [-0.05, 0) is 30.2 Å². The van der Waals surface area contributed by atoms with Gasteiger partial charge < -0.3 is 4.90 Å². The zero-order chi connectivity index (χ0) is 17.2. The number of rotatable bonds is 3. The normalized spacial score (nSPS) is 24.5. The second-order valence-electron chi connectivity index (χ2n) is 6.31. The van der Waals surface area contributed by atoms with E-state index in [1.165, 1.54) is 0 Å². The third-order valence-electron chi connectivity index (χ3n) is 4.62. The van der Waals surface area contributed by atoms with Crippen LogP contribution in [0.3, 0.4) is 0 Å². The lowest BCUT2D eigenvalue weighted by Crippen LogP contribution is -2.52. The maximum atomic E-state index is 12.3. The third kappa shape index (κ3) is 4.46. The molecule has 24 heavy (non-hydrogen) atoms. The first-order chi connectivity index (χ1) is 11.4. The van der Waals surface area contributed by atoms with Crippen LogP contribution in [-0.4, -0.2) is 67.9 Å². The highest BCUT2D eigenvalue weighted by Gasteiger charge is 2.34. The van der Waals surface area contributed by atoms with Gasteiger partial charge in [-0.15, -0.1) is 0 Å². The van der Waals surface area contributed by atoms with E-state index in [1.54, 1.807) is 6.08 Å². The Labute approximate surface area is 151 Å². The highest BCUT2D eigenvalue weighted by Crippen LogP contribution is 2.19. The van der Waals surface area contributed by atoms with Crippen LogP contribution in [0.2, 0.25) is 0 Å². The topological polar surface area (TPSA) is 57.7 Å². The molecule has 2 fully saturated rings. The number of benzene rings is 1. The average Bonchev–Trinajstić information content (AvgIpc) is 2.93. The lowest BCUT2D eigenvalue weighted by molar-refractivity contribution is -0.127. The molecule has 7 heteroatoms. The number of halogens is 1. The molecule has 0 aromatic heterocycles.